The molecule has 0 radical (unpaired) electrons. The van der Waals surface area contributed by atoms with Gasteiger partial charge in [-0.05, 0) is 30.5 Å². The molecular weight excluding hydrogens is 252 g/mol. The van der Waals surface area contributed by atoms with Crippen LogP contribution in [0.15, 0.2) is 18.2 Å². The van der Waals surface area contributed by atoms with Gasteiger partial charge in [-0.1, -0.05) is 18.5 Å². The first-order valence-corrected chi connectivity index (χ1v) is 6.06. The van der Waals surface area contributed by atoms with Crippen molar-refractivity contribution in [3.8, 4) is 6.07 Å². The molecule has 0 aromatic heterocycles. The number of hydrogen-bond acceptors (Lipinski definition) is 3. The second kappa shape index (κ2) is 6.87. The third kappa shape index (κ3) is 4.64. The average Bonchev–Trinajstić information content (AvgIpc) is 2.34. The SMILES string of the molecule is CC(CCC(=O)O)CNc1cc(Cl)ccc1C#N. The zero-order chi connectivity index (χ0) is 13.5. The number of anilines is 1. The molecule has 1 rings (SSSR count). The lowest BCUT2D eigenvalue weighted by Crippen LogP contribution is -2.13. The Hall–Kier alpha value is -1.73. The fourth-order valence-corrected chi connectivity index (χ4v) is 1.69. The van der Waals surface area contributed by atoms with E-state index in [2.05, 4.69) is 11.4 Å². The molecule has 2 N–H and O–H groups in total. The Morgan fingerprint density at radius 1 is 1.61 bits per heavy atom. The summed E-state index contributed by atoms with van der Waals surface area (Å²) in [7, 11) is 0. The van der Waals surface area contributed by atoms with Crippen LogP contribution in [0.4, 0.5) is 5.69 Å². The molecule has 5 heteroatoms. The van der Waals surface area contributed by atoms with Crippen LogP contribution in [0.2, 0.25) is 5.02 Å². The number of aliphatic carboxylic acids is 1. The first-order chi connectivity index (χ1) is 8.52. The van der Waals surface area contributed by atoms with E-state index in [9.17, 15) is 4.79 Å². The lowest BCUT2D eigenvalue weighted by atomic mass is 10.1. The fourth-order valence-electron chi connectivity index (χ4n) is 1.52. The minimum Gasteiger partial charge on any atom is -0.481 e. The predicted octanol–water partition coefficient (Wildman–Crippen LogP) is 3.12. The van der Waals surface area contributed by atoms with E-state index in [0.717, 1.165) is 0 Å². The molecule has 0 fully saturated rings. The van der Waals surface area contributed by atoms with Gasteiger partial charge in [0.05, 0.1) is 11.3 Å². The lowest BCUT2D eigenvalue weighted by Gasteiger charge is -2.13. The van der Waals surface area contributed by atoms with E-state index in [1.807, 2.05) is 6.92 Å². The Morgan fingerprint density at radius 2 is 2.33 bits per heavy atom. The zero-order valence-corrected chi connectivity index (χ0v) is 10.9. The molecule has 0 saturated carbocycles. The average molecular weight is 267 g/mol. The van der Waals surface area contributed by atoms with Crippen molar-refractivity contribution >= 4 is 23.3 Å². The van der Waals surface area contributed by atoms with Gasteiger partial charge in [-0.15, -0.1) is 0 Å². The number of nitrogens with one attached hydrogen (secondary N) is 1. The van der Waals surface area contributed by atoms with Crippen molar-refractivity contribution in [1.29, 1.82) is 5.26 Å². The highest BCUT2D eigenvalue weighted by Crippen LogP contribution is 2.21. The minimum atomic E-state index is -0.790. The topological polar surface area (TPSA) is 73.1 Å². The molecule has 0 amide bonds. The Bertz CT molecular complexity index is 469. The minimum absolute atomic E-state index is 0.156. The molecule has 0 bridgehead atoms. The van der Waals surface area contributed by atoms with E-state index < -0.39 is 5.97 Å². The van der Waals surface area contributed by atoms with Crippen LogP contribution in [0, 0.1) is 17.2 Å². The molecule has 0 aliphatic carbocycles. The van der Waals surface area contributed by atoms with E-state index in [1.54, 1.807) is 18.2 Å². The molecule has 96 valence electrons. The molecule has 1 unspecified atom stereocenters. The summed E-state index contributed by atoms with van der Waals surface area (Å²) in [4.78, 5) is 10.4. The van der Waals surface area contributed by atoms with Crippen molar-refractivity contribution in [3.63, 3.8) is 0 Å². The highest BCUT2D eigenvalue weighted by molar-refractivity contribution is 6.30. The predicted molar refractivity (Wildman–Crippen MR) is 70.7 cm³/mol. The molecule has 0 spiro atoms. The van der Waals surface area contributed by atoms with E-state index in [0.29, 0.717) is 29.2 Å². The molecule has 4 nitrogen and oxygen atoms in total. The van der Waals surface area contributed by atoms with Gasteiger partial charge >= 0.3 is 5.97 Å². The number of carbonyl (C=O) groups is 1. The molecule has 0 aliphatic rings. The van der Waals surface area contributed by atoms with Gasteiger partial charge in [0.1, 0.15) is 6.07 Å². The smallest absolute Gasteiger partial charge is 0.303 e. The molecule has 0 heterocycles. The van der Waals surface area contributed by atoms with Gasteiger partial charge in [-0.2, -0.15) is 5.26 Å². The van der Waals surface area contributed by atoms with Crippen molar-refractivity contribution in [1.82, 2.24) is 0 Å². The van der Waals surface area contributed by atoms with Crippen LogP contribution >= 0.6 is 11.6 Å². The van der Waals surface area contributed by atoms with Crippen molar-refractivity contribution in [2.45, 2.75) is 19.8 Å². The normalized spacial score (nSPS) is 11.6. The van der Waals surface area contributed by atoms with E-state index >= 15 is 0 Å². The Morgan fingerprint density at radius 3 is 2.94 bits per heavy atom. The number of carboxylic acids is 1. The van der Waals surface area contributed by atoms with Crippen molar-refractivity contribution < 1.29 is 9.90 Å². The maximum Gasteiger partial charge on any atom is 0.303 e. The Kier molecular flexibility index (Phi) is 5.47. The summed E-state index contributed by atoms with van der Waals surface area (Å²) < 4.78 is 0. The first-order valence-electron chi connectivity index (χ1n) is 5.68. The van der Waals surface area contributed by atoms with Crippen molar-refractivity contribution in [2.75, 3.05) is 11.9 Å². The second-order valence-electron chi connectivity index (χ2n) is 4.22. The number of benzene rings is 1. The molecule has 18 heavy (non-hydrogen) atoms. The highest BCUT2D eigenvalue weighted by Gasteiger charge is 2.07. The highest BCUT2D eigenvalue weighted by atomic mass is 35.5. The Balaban J connectivity index is 2.55. The molecule has 1 atom stereocenters. The fraction of sp³-hybridized carbons (Fsp3) is 0.385. The molecular formula is C13H15ClN2O2. The number of hydrogen-bond donors (Lipinski definition) is 2. The van der Waals surface area contributed by atoms with Crippen LogP contribution in [-0.2, 0) is 4.79 Å². The van der Waals surface area contributed by atoms with Crippen LogP contribution < -0.4 is 5.32 Å². The van der Waals surface area contributed by atoms with Gasteiger partial charge in [-0.25, -0.2) is 0 Å². The van der Waals surface area contributed by atoms with Gasteiger partial charge in [0, 0.05) is 18.0 Å². The monoisotopic (exact) mass is 266 g/mol. The van der Waals surface area contributed by atoms with Crippen LogP contribution in [0.25, 0.3) is 0 Å². The standard InChI is InChI=1S/C13H15ClN2O2/c1-9(2-5-13(17)18)8-16-12-6-11(14)4-3-10(12)7-15/h3-4,6,9,16H,2,5,8H2,1H3,(H,17,18). The molecule has 1 aromatic carbocycles. The van der Waals surface area contributed by atoms with E-state index in [4.69, 9.17) is 22.0 Å². The van der Waals surface area contributed by atoms with Crippen LogP contribution in [0.1, 0.15) is 25.3 Å². The van der Waals surface area contributed by atoms with Gasteiger partial charge < -0.3 is 10.4 Å². The maximum atomic E-state index is 10.4. The third-order valence-corrected chi connectivity index (χ3v) is 2.83. The van der Waals surface area contributed by atoms with Crippen molar-refractivity contribution in [2.24, 2.45) is 5.92 Å². The summed E-state index contributed by atoms with van der Waals surface area (Å²) in [6.07, 6.45) is 0.758. The molecule has 1 aromatic rings. The first kappa shape index (κ1) is 14.3. The van der Waals surface area contributed by atoms with Gasteiger partial charge in [0.15, 0.2) is 0 Å². The summed E-state index contributed by atoms with van der Waals surface area (Å²) in [5, 5.41) is 21.2. The summed E-state index contributed by atoms with van der Waals surface area (Å²) in [5.41, 5.74) is 1.22. The number of halogens is 1. The summed E-state index contributed by atoms with van der Waals surface area (Å²) in [5.74, 6) is -0.575. The van der Waals surface area contributed by atoms with Crippen LogP contribution in [0.3, 0.4) is 0 Å². The van der Waals surface area contributed by atoms with Crippen LogP contribution in [-0.4, -0.2) is 17.6 Å². The van der Waals surface area contributed by atoms with E-state index in [-0.39, 0.29) is 12.3 Å². The Labute approximate surface area is 111 Å². The number of carboxylic acid groups (broad SMARTS) is 1. The summed E-state index contributed by atoms with van der Waals surface area (Å²) >= 11 is 5.86. The quantitative estimate of drug-likeness (QED) is 0.830. The summed E-state index contributed by atoms with van der Waals surface area (Å²) in [6.45, 7) is 2.58. The zero-order valence-electron chi connectivity index (χ0n) is 10.1. The largest absolute Gasteiger partial charge is 0.481 e. The van der Waals surface area contributed by atoms with Gasteiger partial charge in [-0.3, -0.25) is 4.79 Å². The summed E-state index contributed by atoms with van der Waals surface area (Å²) in [6, 6.07) is 7.11. The number of nitrogens with zero attached hydrogens (tertiary/aromatic N) is 1. The lowest BCUT2D eigenvalue weighted by molar-refractivity contribution is -0.137. The number of nitriles is 1. The van der Waals surface area contributed by atoms with Gasteiger partial charge in [0.2, 0.25) is 0 Å². The molecule has 0 aliphatic heterocycles. The number of rotatable bonds is 6. The van der Waals surface area contributed by atoms with Crippen LogP contribution in [0.5, 0.6) is 0 Å². The third-order valence-electron chi connectivity index (χ3n) is 2.59. The van der Waals surface area contributed by atoms with Gasteiger partial charge in [0.25, 0.3) is 0 Å². The van der Waals surface area contributed by atoms with Crippen molar-refractivity contribution in [3.05, 3.63) is 28.8 Å². The second-order valence-corrected chi connectivity index (χ2v) is 4.66. The maximum absolute atomic E-state index is 10.4. The van der Waals surface area contributed by atoms with E-state index in [1.165, 1.54) is 0 Å². The molecule has 0 saturated heterocycles.